The monoisotopic (exact) mass is 406 g/mol. The molecule has 0 unspecified atom stereocenters. The van der Waals surface area contributed by atoms with Gasteiger partial charge in [0.1, 0.15) is 5.75 Å². The summed E-state index contributed by atoms with van der Waals surface area (Å²) >= 11 is 0. The van der Waals surface area contributed by atoms with Crippen LogP contribution in [0, 0.1) is 13.8 Å². The van der Waals surface area contributed by atoms with Gasteiger partial charge >= 0.3 is 0 Å². The zero-order valence-corrected chi connectivity index (χ0v) is 17.4. The molecular formula is C23H26N4O3. The van der Waals surface area contributed by atoms with E-state index in [-0.39, 0.29) is 12.5 Å². The van der Waals surface area contributed by atoms with Crippen molar-refractivity contribution in [1.29, 1.82) is 0 Å². The summed E-state index contributed by atoms with van der Waals surface area (Å²) in [4.78, 5) is 21.1. The molecule has 1 aromatic heterocycles. The lowest BCUT2D eigenvalue weighted by atomic mass is 10.1. The number of piperazine rings is 1. The van der Waals surface area contributed by atoms with Gasteiger partial charge in [-0.3, -0.25) is 9.69 Å². The number of aromatic nitrogens is 2. The van der Waals surface area contributed by atoms with E-state index in [1.54, 1.807) is 0 Å². The van der Waals surface area contributed by atoms with Crippen LogP contribution in [0.4, 0.5) is 0 Å². The summed E-state index contributed by atoms with van der Waals surface area (Å²) < 4.78 is 11.1. The van der Waals surface area contributed by atoms with Crippen LogP contribution in [-0.2, 0) is 11.3 Å². The summed E-state index contributed by atoms with van der Waals surface area (Å²) in [5.74, 6) is 1.94. The van der Waals surface area contributed by atoms with E-state index in [2.05, 4.69) is 15.0 Å². The van der Waals surface area contributed by atoms with Gasteiger partial charge in [-0.15, -0.1) is 0 Å². The summed E-state index contributed by atoms with van der Waals surface area (Å²) in [7, 11) is 0. The van der Waals surface area contributed by atoms with Crippen molar-refractivity contribution in [2.75, 3.05) is 32.8 Å². The third-order valence-corrected chi connectivity index (χ3v) is 5.29. The molecule has 0 atom stereocenters. The topological polar surface area (TPSA) is 71.7 Å². The van der Waals surface area contributed by atoms with E-state index in [0.717, 1.165) is 35.5 Å². The lowest BCUT2D eigenvalue weighted by Crippen LogP contribution is -2.49. The van der Waals surface area contributed by atoms with Crippen LogP contribution in [0.2, 0.25) is 0 Å². The molecule has 4 rings (SSSR count). The zero-order chi connectivity index (χ0) is 20.9. The quantitative estimate of drug-likeness (QED) is 0.627. The first kappa shape index (κ1) is 20.1. The SMILES string of the molecule is Cc1cccc(OCC(=O)N2CCN(Cc3nc(-c4ccccc4C)no3)CC2)c1. The van der Waals surface area contributed by atoms with Gasteiger partial charge in [0.2, 0.25) is 11.7 Å². The molecule has 0 saturated carbocycles. The van der Waals surface area contributed by atoms with Crippen LogP contribution in [0.5, 0.6) is 5.75 Å². The van der Waals surface area contributed by atoms with Crippen LogP contribution in [0.15, 0.2) is 53.1 Å². The van der Waals surface area contributed by atoms with Gasteiger partial charge in [-0.2, -0.15) is 4.98 Å². The molecule has 0 N–H and O–H groups in total. The standard InChI is InChI=1S/C23H26N4O3/c1-17-6-5-8-19(14-17)29-16-22(28)27-12-10-26(11-13-27)15-21-24-23(25-30-21)20-9-4-3-7-18(20)2/h3-9,14H,10-13,15-16H2,1-2H3. The molecule has 0 spiro atoms. The van der Waals surface area contributed by atoms with Crippen LogP contribution in [-0.4, -0.2) is 58.6 Å². The second-order valence-corrected chi connectivity index (χ2v) is 7.59. The Kier molecular flexibility index (Phi) is 6.09. The summed E-state index contributed by atoms with van der Waals surface area (Å²) in [6.07, 6.45) is 0. The number of carbonyl (C=O) groups excluding carboxylic acids is 1. The maximum atomic E-state index is 12.5. The number of carbonyl (C=O) groups is 1. The van der Waals surface area contributed by atoms with Crippen LogP contribution < -0.4 is 4.74 Å². The molecular weight excluding hydrogens is 380 g/mol. The molecule has 7 heteroatoms. The second-order valence-electron chi connectivity index (χ2n) is 7.59. The zero-order valence-electron chi connectivity index (χ0n) is 17.4. The maximum Gasteiger partial charge on any atom is 0.260 e. The first-order chi connectivity index (χ1) is 14.6. The lowest BCUT2D eigenvalue weighted by molar-refractivity contribution is -0.135. The molecule has 1 fully saturated rings. The van der Waals surface area contributed by atoms with E-state index in [9.17, 15) is 4.79 Å². The highest BCUT2D eigenvalue weighted by Crippen LogP contribution is 2.20. The van der Waals surface area contributed by atoms with E-state index in [4.69, 9.17) is 9.26 Å². The van der Waals surface area contributed by atoms with Crippen molar-refractivity contribution in [1.82, 2.24) is 19.9 Å². The number of amides is 1. The van der Waals surface area contributed by atoms with Crippen LogP contribution in [0.3, 0.4) is 0 Å². The predicted octanol–water partition coefficient (Wildman–Crippen LogP) is 3.08. The number of hydrogen-bond donors (Lipinski definition) is 0. The highest BCUT2D eigenvalue weighted by molar-refractivity contribution is 5.77. The van der Waals surface area contributed by atoms with Crippen molar-refractivity contribution in [3.8, 4) is 17.1 Å². The minimum absolute atomic E-state index is 0.00999. The van der Waals surface area contributed by atoms with Crippen molar-refractivity contribution in [3.63, 3.8) is 0 Å². The first-order valence-electron chi connectivity index (χ1n) is 10.2. The molecule has 1 saturated heterocycles. The molecule has 0 radical (unpaired) electrons. The van der Waals surface area contributed by atoms with Crippen molar-refractivity contribution in [3.05, 3.63) is 65.5 Å². The Morgan fingerprint density at radius 1 is 1.07 bits per heavy atom. The highest BCUT2D eigenvalue weighted by atomic mass is 16.5. The first-order valence-corrected chi connectivity index (χ1v) is 10.2. The van der Waals surface area contributed by atoms with Gasteiger partial charge in [0.05, 0.1) is 6.54 Å². The normalized spacial score (nSPS) is 14.7. The van der Waals surface area contributed by atoms with Gasteiger partial charge in [0.15, 0.2) is 6.61 Å². The number of aryl methyl sites for hydroxylation is 2. The molecule has 30 heavy (non-hydrogen) atoms. The van der Waals surface area contributed by atoms with Crippen LogP contribution >= 0.6 is 0 Å². The third-order valence-electron chi connectivity index (χ3n) is 5.29. The average molecular weight is 406 g/mol. The Bertz CT molecular complexity index is 1010. The molecule has 0 aliphatic carbocycles. The fourth-order valence-electron chi connectivity index (χ4n) is 3.54. The average Bonchev–Trinajstić information content (AvgIpc) is 3.21. The summed E-state index contributed by atoms with van der Waals surface area (Å²) in [6, 6.07) is 15.7. The smallest absolute Gasteiger partial charge is 0.260 e. The number of nitrogens with zero attached hydrogens (tertiary/aromatic N) is 4. The summed E-state index contributed by atoms with van der Waals surface area (Å²) in [5, 5.41) is 4.12. The van der Waals surface area contributed by atoms with E-state index in [0.29, 0.717) is 31.3 Å². The number of hydrogen-bond acceptors (Lipinski definition) is 6. The molecule has 1 amide bonds. The van der Waals surface area contributed by atoms with Gasteiger partial charge in [0, 0.05) is 31.7 Å². The molecule has 2 aromatic carbocycles. The van der Waals surface area contributed by atoms with Crippen molar-refractivity contribution < 1.29 is 14.1 Å². The Morgan fingerprint density at radius 3 is 2.63 bits per heavy atom. The summed E-state index contributed by atoms with van der Waals surface area (Å²) in [6.45, 7) is 7.53. The third kappa shape index (κ3) is 4.86. The van der Waals surface area contributed by atoms with Crippen molar-refractivity contribution in [2.24, 2.45) is 0 Å². The largest absolute Gasteiger partial charge is 0.484 e. The van der Waals surface area contributed by atoms with E-state index < -0.39 is 0 Å². The van der Waals surface area contributed by atoms with Crippen LogP contribution in [0.25, 0.3) is 11.4 Å². The molecule has 1 aliphatic heterocycles. The van der Waals surface area contributed by atoms with Gasteiger partial charge in [-0.25, -0.2) is 0 Å². The summed E-state index contributed by atoms with van der Waals surface area (Å²) in [5.41, 5.74) is 3.21. The van der Waals surface area contributed by atoms with Gasteiger partial charge in [0.25, 0.3) is 5.91 Å². The predicted molar refractivity (Wildman–Crippen MR) is 113 cm³/mol. The Balaban J connectivity index is 1.26. The van der Waals surface area contributed by atoms with Gasteiger partial charge in [-0.1, -0.05) is 41.6 Å². The fraction of sp³-hybridized carbons (Fsp3) is 0.348. The molecule has 3 aromatic rings. The fourth-order valence-corrected chi connectivity index (χ4v) is 3.54. The molecule has 2 heterocycles. The van der Waals surface area contributed by atoms with Gasteiger partial charge < -0.3 is 14.2 Å². The number of ether oxygens (including phenoxy) is 1. The van der Waals surface area contributed by atoms with E-state index in [1.165, 1.54) is 0 Å². The highest BCUT2D eigenvalue weighted by Gasteiger charge is 2.23. The lowest BCUT2D eigenvalue weighted by Gasteiger charge is -2.33. The van der Waals surface area contributed by atoms with E-state index in [1.807, 2.05) is 67.3 Å². The second kappa shape index (κ2) is 9.09. The molecule has 0 bridgehead atoms. The Morgan fingerprint density at radius 2 is 1.87 bits per heavy atom. The number of benzene rings is 2. The maximum absolute atomic E-state index is 12.5. The van der Waals surface area contributed by atoms with Crippen LogP contribution in [0.1, 0.15) is 17.0 Å². The van der Waals surface area contributed by atoms with E-state index >= 15 is 0 Å². The Hall–Kier alpha value is -3.19. The minimum Gasteiger partial charge on any atom is -0.484 e. The Labute approximate surface area is 176 Å². The van der Waals surface area contributed by atoms with Crippen molar-refractivity contribution >= 4 is 5.91 Å². The molecule has 156 valence electrons. The molecule has 7 nitrogen and oxygen atoms in total. The molecule has 1 aliphatic rings. The number of rotatable bonds is 6. The minimum atomic E-state index is 0.00999. The van der Waals surface area contributed by atoms with Gasteiger partial charge in [-0.05, 0) is 37.1 Å². The van der Waals surface area contributed by atoms with Crippen molar-refractivity contribution in [2.45, 2.75) is 20.4 Å².